The highest BCUT2D eigenvalue weighted by molar-refractivity contribution is 6.33. The Morgan fingerprint density at radius 3 is 1.54 bits per heavy atom. The molecule has 1 saturated heterocycles. The van der Waals surface area contributed by atoms with E-state index in [2.05, 4.69) is 46.9 Å². The summed E-state index contributed by atoms with van der Waals surface area (Å²) in [5.74, 6) is 8.22. The number of rotatable bonds is 6. The lowest BCUT2D eigenvalue weighted by Gasteiger charge is -2.32. The second-order valence-electron chi connectivity index (χ2n) is 12.2. The number of likely N-dealkylation sites (tertiary alicyclic amines) is 1. The number of nitrogens with zero attached hydrogens (tertiary/aromatic N) is 1. The summed E-state index contributed by atoms with van der Waals surface area (Å²) in [5.41, 5.74) is 5.18. The second-order valence-corrected chi connectivity index (χ2v) is 13.0. The number of terminal acetylenes is 1. The predicted octanol–water partition coefficient (Wildman–Crippen LogP) is 10.8. The molecule has 0 radical (unpaired) electrons. The molecular formula is C48H43Cl2NO3. The zero-order chi connectivity index (χ0) is 38.4. The number of benzene rings is 6. The van der Waals surface area contributed by atoms with Gasteiger partial charge in [0.05, 0.1) is 17.2 Å². The molecule has 4 nitrogen and oxygen atoms in total. The molecule has 0 amide bonds. The van der Waals surface area contributed by atoms with E-state index in [4.69, 9.17) is 29.6 Å². The normalized spacial score (nSPS) is 13.2. The molecule has 7 rings (SSSR count). The molecule has 1 heterocycles. The van der Waals surface area contributed by atoms with Crippen LogP contribution in [0.25, 0.3) is 0 Å². The molecule has 1 aliphatic heterocycles. The fourth-order valence-electron chi connectivity index (χ4n) is 5.65. The van der Waals surface area contributed by atoms with Crippen molar-refractivity contribution in [3.05, 3.63) is 213 Å². The number of hydrogen-bond acceptors (Lipinski definition) is 4. The summed E-state index contributed by atoms with van der Waals surface area (Å²) in [4.78, 5) is 12.6. The first-order valence-corrected chi connectivity index (χ1v) is 18.4. The van der Waals surface area contributed by atoms with Gasteiger partial charge in [-0.25, -0.2) is 0 Å². The lowest BCUT2D eigenvalue weighted by molar-refractivity contribution is 0.0607. The van der Waals surface area contributed by atoms with Gasteiger partial charge >= 0.3 is 0 Å². The number of aldehydes is 1. The minimum atomic E-state index is -0.857. The lowest BCUT2D eigenvalue weighted by Crippen LogP contribution is -2.30. The van der Waals surface area contributed by atoms with Gasteiger partial charge in [-0.1, -0.05) is 174 Å². The summed E-state index contributed by atoms with van der Waals surface area (Å²) in [5, 5.41) is 21.8. The average Bonchev–Trinajstić information content (AvgIpc) is 3.77. The van der Waals surface area contributed by atoms with Crippen LogP contribution in [0.5, 0.6) is 0 Å². The molecule has 1 fully saturated rings. The Morgan fingerprint density at radius 2 is 1.06 bits per heavy atom. The maximum absolute atomic E-state index is 10.9. The van der Waals surface area contributed by atoms with Crippen LogP contribution in [0.1, 0.15) is 69.3 Å². The quantitative estimate of drug-likeness (QED) is 0.131. The summed E-state index contributed by atoms with van der Waals surface area (Å²) < 4.78 is 0. The monoisotopic (exact) mass is 751 g/mol. The molecule has 3 atom stereocenters. The number of hydrogen-bond donors (Lipinski definition) is 2. The van der Waals surface area contributed by atoms with Gasteiger partial charge < -0.3 is 10.2 Å². The van der Waals surface area contributed by atoms with Crippen molar-refractivity contribution in [2.75, 3.05) is 13.1 Å². The van der Waals surface area contributed by atoms with Crippen molar-refractivity contribution in [2.45, 2.75) is 31.1 Å². The number of carbonyl (C=O) groups excluding carboxylic acids is 1. The Hall–Kier alpha value is -5.43. The Kier molecular flexibility index (Phi) is 17.8. The van der Waals surface area contributed by atoms with Crippen LogP contribution in [0.15, 0.2) is 170 Å². The fourth-order valence-corrected chi connectivity index (χ4v) is 6.07. The first-order valence-electron chi connectivity index (χ1n) is 17.6. The maximum atomic E-state index is 10.9. The zero-order valence-electron chi connectivity index (χ0n) is 29.9. The minimum absolute atomic E-state index is 0.0566. The molecule has 0 aromatic heterocycles. The molecule has 6 aromatic rings. The zero-order valence-corrected chi connectivity index (χ0v) is 31.4. The summed E-state index contributed by atoms with van der Waals surface area (Å²) in [6.45, 7) is 2.15. The van der Waals surface area contributed by atoms with Crippen LogP contribution in [-0.4, -0.2) is 34.5 Å². The van der Waals surface area contributed by atoms with Crippen molar-refractivity contribution in [1.29, 1.82) is 0 Å². The molecule has 3 unspecified atom stereocenters. The highest BCUT2D eigenvalue weighted by Crippen LogP contribution is 2.36. The SMILES string of the molecule is C#Cc1ccccc1.O=Cc1ccccc1Cl.OC(C#Cc1ccccc1)c1ccccc1Cl.OC(c1ccccc1)C(c1ccccc1)N1CCCC1. The van der Waals surface area contributed by atoms with Crippen LogP contribution in [0.4, 0.5) is 0 Å². The summed E-state index contributed by atoms with van der Waals surface area (Å²) in [6, 6.07) is 53.6. The van der Waals surface area contributed by atoms with Gasteiger partial charge in [0, 0.05) is 27.3 Å². The number of aliphatic hydroxyl groups is 2. The molecule has 2 N–H and O–H groups in total. The van der Waals surface area contributed by atoms with E-state index in [9.17, 15) is 15.0 Å². The van der Waals surface area contributed by atoms with E-state index in [1.54, 1.807) is 36.4 Å². The third-order valence-corrected chi connectivity index (χ3v) is 9.10. The molecule has 0 spiro atoms. The first kappa shape index (κ1) is 41.3. The fraction of sp³-hybridized carbons (Fsp3) is 0.146. The summed E-state index contributed by atoms with van der Waals surface area (Å²) in [7, 11) is 0. The molecule has 6 aromatic carbocycles. The highest BCUT2D eigenvalue weighted by Gasteiger charge is 2.30. The molecule has 272 valence electrons. The van der Waals surface area contributed by atoms with Gasteiger partial charge in [0.1, 0.15) is 6.10 Å². The number of aliphatic hydroxyl groups excluding tert-OH is 2. The molecule has 0 bridgehead atoms. The largest absolute Gasteiger partial charge is 0.386 e. The summed E-state index contributed by atoms with van der Waals surface area (Å²) >= 11 is 11.6. The third-order valence-electron chi connectivity index (χ3n) is 8.41. The topological polar surface area (TPSA) is 60.8 Å². The lowest BCUT2D eigenvalue weighted by atomic mass is 9.94. The van der Waals surface area contributed by atoms with Crippen LogP contribution in [0.2, 0.25) is 10.0 Å². The van der Waals surface area contributed by atoms with Gasteiger partial charge in [0.25, 0.3) is 0 Å². The number of halogens is 2. The Labute approximate surface area is 329 Å². The van der Waals surface area contributed by atoms with Crippen molar-refractivity contribution in [3.63, 3.8) is 0 Å². The molecular weight excluding hydrogens is 709 g/mol. The van der Waals surface area contributed by atoms with E-state index in [-0.39, 0.29) is 6.04 Å². The van der Waals surface area contributed by atoms with Crippen LogP contribution in [0.3, 0.4) is 0 Å². The summed E-state index contributed by atoms with van der Waals surface area (Å²) in [6.07, 6.45) is 6.96. The second kappa shape index (κ2) is 23.3. The Bertz CT molecular complexity index is 2070. The van der Waals surface area contributed by atoms with Gasteiger partial charge in [-0.05, 0) is 73.5 Å². The van der Waals surface area contributed by atoms with E-state index in [1.807, 2.05) is 109 Å². The third kappa shape index (κ3) is 13.5. The van der Waals surface area contributed by atoms with E-state index in [1.165, 1.54) is 18.4 Å². The van der Waals surface area contributed by atoms with Gasteiger partial charge in [-0.2, -0.15) is 0 Å². The Balaban J connectivity index is 0.000000172. The van der Waals surface area contributed by atoms with Crippen LogP contribution < -0.4 is 0 Å². The van der Waals surface area contributed by atoms with E-state index >= 15 is 0 Å². The van der Waals surface area contributed by atoms with Crippen LogP contribution >= 0.6 is 23.2 Å². The molecule has 0 aliphatic carbocycles. The Morgan fingerprint density at radius 1 is 0.593 bits per heavy atom. The van der Waals surface area contributed by atoms with Crippen LogP contribution in [0, 0.1) is 24.2 Å². The minimum Gasteiger partial charge on any atom is -0.386 e. The number of carbonyl (C=O) groups is 1. The van der Waals surface area contributed by atoms with Crippen molar-refractivity contribution < 1.29 is 15.0 Å². The van der Waals surface area contributed by atoms with E-state index < -0.39 is 12.2 Å². The average molecular weight is 753 g/mol. The van der Waals surface area contributed by atoms with Crippen LogP contribution in [-0.2, 0) is 0 Å². The predicted molar refractivity (Wildman–Crippen MR) is 222 cm³/mol. The van der Waals surface area contributed by atoms with Gasteiger partial charge in [0.15, 0.2) is 6.29 Å². The molecule has 1 aliphatic rings. The van der Waals surface area contributed by atoms with E-state index in [0.717, 1.165) is 36.1 Å². The molecule has 6 heteroatoms. The smallest absolute Gasteiger partial charge is 0.151 e. The van der Waals surface area contributed by atoms with Gasteiger partial charge in [0.2, 0.25) is 0 Å². The molecule has 54 heavy (non-hydrogen) atoms. The van der Waals surface area contributed by atoms with Crippen molar-refractivity contribution in [2.24, 2.45) is 0 Å². The first-order chi connectivity index (χ1) is 26.4. The van der Waals surface area contributed by atoms with Crippen molar-refractivity contribution >= 4 is 29.5 Å². The molecule has 0 saturated carbocycles. The van der Waals surface area contributed by atoms with E-state index in [0.29, 0.717) is 21.2 Å². The highest BCUT2D eigenvalue weighted by atomic mass is 35.5. The van der Waals surface area contributed by atoms with Crippen molar-refractivity contribution in [1.82, 2.24) is 4.90 Å². The van der Waals surface area contributed by atoms with Gasteiger partial charge in [-0.15, -0.1) is 6.42 Å². The standard InChI is InChI=1S/C18H21NO.C15H11ClO.C8H6.C7H5ClO/c20-18(16-11-5-2-6-12-16)17(19-13-7-8-14-19)15-9-3-1-4-10-15;16-14-9-5-4-8-13(14)15(17)11-10-12-6-2-1-3-7-12;1-2-8-6-4-3-5-7-8;8-7-4-2-1-3-6(7)5-9/h1-6,9-12,17-18,20H,7-8,13-14H2;1-9,15,17H;1,3-7H;1-5H. The maximum Gasteiger partial charge on any atom is 0.151 e. The van der Waals surface area contributed by atoms with Gasteiger partial charge in [-0.3, -0.25) is 9.69 Å². The van der Waals surface area contributed by atoms with Crippen molar-refractivity contribution in [3.8, 4) is 24.2 Å².